The van der Waals surface area contributed by atoms with Crippen LogP contribution in [0.15, 0.2) is 65.8 Å². The molecular weight excluding hydrogens is 322 g/mol. The van der Waals surface area contributed by atoms with Crippen LogP contribution in [0.25, 0.3) is 16.8 Å². The van der Waals surface area contributed by atoms with E-state index in [1.54, 1.807) is 0 Å². The minimum absolute atomic E-state index is 0.126. The number of rotatable bonds is 3. The number of allylic oxidation sites excluding steroid dienone is 1. The molecule has 0 unspecified atom stereocenters. The number of aromatic nitrogens is 2. The van der Waals surface area contributed by atoms with Gasteiger partial charge in [0.15, 0.2) is 5.75 Å². The van der Waals surface area contributed by atoms with Crippen LogP contribution in [0.4, 0.5) is 0 Å². The van der Waals surface area contributed by atoms with Gasteiger partial charge in [-0.1, -0.05) is 54.1 Å². The summed E-state index contributed by atoms with van der Waals surface area (Å²) < 4.78 is 0. The Morgan fingerprint density at radius 1 is 1.00 bits per heavy atom. The summed E-state index contributed by atoms with van der Waals surface area (Å²) in [5, 5.41) is 18.4. The lowest BCUT2D eigenvalue weighted by Crippen LogP contribution is -1.99. The molecule has 1 aliphatic rings. The van der Waals surface area contributed by atoms with E-state index in [9.17, 15) is 5.11 Å². The number of benzene rings is 2. The fraction of sp³-hybridized carbons (Fsp3) is 0.0526. The number of aromatic hydroxyl groups is 1. The van der Waals surface area contributed by atoms with Crippen LogP contribution >= 0.6 is 11.6 Å². The first-order chi connectivity index (χ1) is 11.7. The van der Waals surface area contributed by atoms with Crippen molar-refractivity contribution in [1.82, 2.24) is 10.2 Å². The van der Waals surface area contributed by atoms with Crippen molar-refractivity contribution in [1.29, 1.82) is 0 Å². The molecule has 1 aromatic heterocycles. The first kappa shape index (κ1) is 14.7. The maximum absolute atomic E-state index is 10.5. The number of halogens is 1. The molecule has 2 N–H and O–H groups in total. The zero-order valence-corrected chi connectivity index (χ0v) is 13.5. The highest BCUT2D eigenvalue weighted by atomic mass is 35.5. The van der Waals surface area contributed by atoms with Gasteiger partial charge in [0.05, 0.1) is 5.71 Å². The van der Waals surface area contributed by atoms with Crippen molar-refractivity contribution >= 4 is 22.9 Å². The van der Waals surface area contributed by atoms with Crippen LogP contribution < -0.4 is 0 Å². The Morgan fingerprint density at radius 2 is 1.79 bits per heavy atom. The van der Waals surface area contributed by atoms with Gasteiger partial charge in [-0.3, -0.25) is 10.1 Å². The van der Waals surface area contributed by atoms with Gasteiger partial charge in [-0.2, -0.15) is 5.10 Å². The third-order valence-electron chi connectivity index (χ3n) is 4.01. The number of nitrogens with zero attached hydrogens (tertiary/aromatic N) is 2. The molecule has 3 aromatic rings. The van der Waals surface area contributed by atoms with Gasteiger partial charge in [-0.05, 0) is 23.3 Å². The average molecular weight is 336 g/mol. The van der Waals surface area contributed by atoms with Crippen molar-refractivity contribution in [3.63, 3.8) is 0 Å². The van der Waals surface area contributed by atoms with E-state index in [4.69, 9.17) is 11.6 Å². The van der Waals surface area contributed by atoms with E-state index in [1.807, 2.05) is 60.8 Å². The Kier molecular flexibility index (Phi) is 3.67. The van der Waals surface area contributed by atoms with Crippen LogP contribution in [-0.4, -0.2) is 21.0 Å². The van der Waals surface area contributed by atoms with E-state index in [-0.39, 0.29) is 5.75 Å². The van der Waals surface area contributed by atoms with E-state index in [0.29, 0.717) is 22.8 Å². The second kappa shape index (κ2) is 5.98. The largest absolute Gasteiger partial charge is 0.504 e. The number of hydrogen-bond acceptors (Lipinski definition) is 3. The zero-order valence-electron chi connectivity index (χ0n) is 12.7. The normalized spacial score (nSPS) is 13.7. The highest BCUT2D eigenvalue weighted by Gasteiger charge is 2.21. The first-order valence-corrected chi connectivity index (χ1v) is 7.95. The molecule has 4 rings (SSSR count). The fourth-order valence-electron chi connectivity index (χ4n) is 2.78. The third kappa shape index (κ3) is 2.61. The molecular formula is C19H14ClN3O. The highest BCUT2D eigenvalue weighted by molar-refractivity contribution is 6.30. The van der Waals surface area contributed by atoms with Crippen molar-refractivity contribution in [2.24, 2.45) is 4.99 Å². The third-order valence-corrected chi connectivity index (χ3v) is 4.24. The molecule has 0 saturated carbocycles. The summed E-state index contributed by atoms with van der Waals surface area (Å²) in [5.74, 6) is 0.126. The van der Waals surface area contributed by atoms with Gasteiger partial charge < -0.3 is 5.11 Å². The molecule has 0 saturated heterocycles. The summed E-state index contributed by atoms with van der Waals surface area (Å²) in [7, 11) is 0. The summed E-state index contributed by atoms with van der Waals surface area (Å²) >= 11 is 6.05. The van der Waals surface area contributed by atoms with Gasteiger partial charge in [0, 0.05) is 23.2 Å². The van der Waals surface area contributed by atoms with Gasteiger partial charge >= 0.3 is 0 Å². The molecule has 2 aromatic carbocycles. The quantitative estimate of drug-likeness (QED) is 0.730. The van der Waals surface area contributed by atoms with Gasteiger partial charge in [-0.25, -0.2) is 0 Å². The van der Waals surface area contributed by atoms with Crippen LogP contribution in [0.1, 0.15) is 17.7 Å². The Hall–Kier alpha value is -2.85. The van der Waals surface area contributed by atoms with Gasteiger partial charge in [0.2, 0.25) is 0 Å². The Labute approximate surface area is 144 Å². The van der Waals surface area contributed by atoms with Crippen LogP contribution in [-0.2, 0) is 0 Å². The first-order valence-electron chi connectivity index (χ1n) is 7.57. The molecule has 1 aliphatic heterocycles. The van der Waals surface area contributed by atoms with Crippen LogP contribution in [0.3, 0.4) is 0 Å². The topological polar surface area (TPSA) is 61.3 Å². The van der Waals surface area contributed by atoms with Crippen LogP contribution in [0.2, 0.25) is 5.02 Å². The molecule has 0 radical (unpaired) electrons. The fourth-order valence-corrected chi connectivity index (χ4v) is 2.97. The van der Waals surface area contributed by atoms with Crippen molar-refractivity contribution in [2.45, 2.75) is 6.42 Å². The highest BCUT2D eigenvalue weighted by Crippen LogP contribution is 2.34. The standard InChI is InChI=1S/C19H14ClN3O/c20-15-8-4-7-13(9-15)14-10-16(21-11-14)18-19(24)17(22-23-18)12-5-2-1-3-6-12/h1-9,11,24H,10H2,(H,22,23). The summed E-state index contributed by atoms with van der Waals surface area (Å²) in [6.07, 6.45) is 2.42. The smallest absolute Gasteiger partial charge is 0.170 e. The van der Waals surface area contributed by atoms with Crippen LogP contribution in [0, 0.1) is 0 Å². The SMILES string of the molecule is Oc1c(-c2ccccc2)n[nH]c1C1=NC=C(c2cccc(Cl)c2)C1. The zero-order chi connectivity index (χ0) is 16.5. The summed E-state index contributed by atoms with van der Waals surface area (Å²) in [6.45, 7) is 0. The molecule has 0 bridgehead atoms. The number of hydrogen-bond donors (Lipinski definition) is 2. The molecule has 0 amide bonds. The molecule has 5 heteroatoms. The van der Waals surface area contributed by atoms with Crippen LogP contribution in [0.5, 0.6) is 5.75 Å². The number of aliphatic imine (C=N–C) groups is 1. The van der Waals surface area contributed by atoms with Crippen molar-refractivity contribution in [3.8, 4) is 17.0 Å². The molecule has 118 valence electrons. The van der Waals surface area contributed by atoms with Gasteiger partial charge in [-0.15, -0.1) is 0 Å². The minimum Gasteiger partial charge on any atom is -0.504 e. The lowest BCUT2D eigenvalue weighted by atomic mass is 10.0. The molecule has 2 heterocycles. The molecule has 0 fully saturated rings. The van der Waals surface area contributed by atoms with E-state index in [2.05, 4.69) is 15.2 Å². The predicted molar refractivity (Wildman–Crippen MR) is 96.3 cm³/mol. The van der Waals surface area contributed by atoms with Gasteiger partial charge in [0.1, 0.15) is 11.4 Å². The molecule has 0 aliphatic carbocycles. The number of H-pyrrole nitrogens is 1. The van der Waals surface area contributed by atoms with Crippen molar-refractivity contribution in [3.05, 3.63) is 77.1 Å². The molecule has 0 spiro atoms. The summed E-state index contributed by atoms with van der Waals surface area (Å²) in [6, 6.07) is 17.2. The Balaban J connectivity index is 1.60. The maximum Gasteiger partial charge on any atom is 0.170 e. The average Bonchev–Trinajstić information content (AvgIpc) is 3.22. The lowest BCUT2D eigenvalue weighted by Gasteiger charge is -2.04. The van der Waals surface area contributed by atoms with E-state index in [1.165, 1.54) is 0 Å². The number of aromatic amines is 1. The molecule has 4 nitrogen and oxygen atoms in total. The Morgan fingerprint density at radius 3 is 2.58 bits per heavy atom. The van der Waals surface area contributed by atoms with E-state index < -0.39 is 0 Å². The molecule has 0 atom stereocenters. The second-order valence-corrected chi connectivity index (χ2v) is 6.02. The second-order valence-electron chi connectivity index (χ2n) is 5.58. The van der Waals surface area contributed by atoms with Crippen molar-refractivity contribution < 1.29 is 5.11 Å². The maximum atomic E-state index is 10.5. The van der Waals surface area contributed by atoms with Crippen molar-refractivity contribution in [2.75, 3.05) is 0 Å². The van der Waals surface area contributed by atoms with Gasteiger partial charge in [0.25, 0.3) is 0 Å². The predicted octanol–water partition coefficient (Wildman–Crippen LogP) is 4.67. The van der Waals surface area contributed by atoms with E-state index in [0.717, 1.165) is 22.4 Å². The summed E-state index contributed by atoms with van der Waals surface area (Å²) in [5.41, 5.74) is 4.80. The summed E-state index contributed by atoms with van der Waals surface area (Å²) in [4.78, 5) is 4.44. The number of nitrogens with one attached hydrogen (secondary N) is 1. The lowest BCUT2D eigenvalue weighted by molar-refractivity contribution is 0.476. The molecule has 24 heavy (non-hydrogen) atoms. The monoisotopic (exact) mass is 335 g/mol. The minimum atomic E-state index is 0.126. The van der Waals surface area contributed by atoms with E-state index >= 15 is 0 Å². The Bertz CT molecular complexity index is 958.